The minimum Gasteiger partial charge on any atom is -0.369 e. The molecule has 0 atom stereocenters. The molecule has 2 N–H and O–H groups in total. The van der Waals surface area contributed by atoms with Gasteiger partial charge in [0, 0.05) is 16.0 Å². The van der Waals surface area contributed by atoms with Gasteiger partial charge in [-0.1, -0.05) is 0 Å². The van der Waals surface area contributed by atoms with Crippen LogP contribution in [0.1, 0.15) is 5.56 Å². The van der Waals surface area contributed by atoms with Gasteiger partial charge in [-0.15, -0.1) is 0 Å². The maximum Gasteiger partial charge on any atom is 0.201 e. The molecule has 0 amide bonds. The number of nitrogens with zero attached hydrogens (tertiary/aromatic N) is 3. The molecule has 0 radical (unpaired) electrons. The number of halogens is 1. The van der Waals surface area contributed by atoms with Gasteiger partial charge in [-0.05, 0) is 58.5 Å². The average molecular weight is 350 g/mol. The van der Waals surface area contributed by atoms with E-state index in [1.807, 2.05) is 22.8 Å². The van der Waals surface area contributed by atoms with Crippen molar-refractivity contribution in [2.45, 2.75) is 6.54 Å². The molecule has 3 rings (SSSR count). The molecule has 0 bridgehead atoms. The lowest BCUT2D eigenvalue weighted by molar-refractivity contribution is 0.836. The summed E-state index contributed by atoms with van der Waals surface area (Å²) in [6.45, 7) is 0.714. The molecule has 4 nitrogen and oxygen atoms in total. The summed E-state index contributed by atoms with van der Waals surface area (Å²) in [6, 6.07) is 10.1. The molecule has 90 valence electrons. The zero-order valence-electron chi connectivity index (χ0n) is 9.55. The second kappa shape index (κ2) is 4.56. The van der Waals surface area contributed by atoms with Gasteiger partial charge in [-0.3, -0.25) is 4.98 Å². The Morgan fingerprint density at radius 1 is 1.17 bits per heavy atom. The summed E-state index contributed by atoms with van der Waals surface area (Å²) in [5.74, 6) is 0.545. The van der Waals surface area contributed by atoms with Gasteiger partial charge < -0.3 is 10.3 Å². The lowest BCUT2D eigenvalue weighted by Gasteiger charge is -2.06. The molecule has 0 saturated carbocycles. The Morgan fingerprint density at radius 2 is 1.94 bits per heavy atom. The highest BCUT2D eigenvalue weighted by molar-refractivity contribution is 14.1. The number of nitrogen functional groups attached to an aromatic ring is 1. The van der Waals surface area contributed by atoms with E-state index in [0.29, 0.717) is 12.5 Å². The summed E-state index contributed by atoms with van der Waals surface area (Å²) in [6.07, 6.45) is 3.57. The van der Waals surface area contributed by atoms with Crippen molar-refractivity contribution in [1.82, 2.24) is 14.5 Å². The second-order valence-corrected chi connectivity index (χ2v) is 5.29. The lowest BCUT2D eigenvalue weighted by atomic mass is 10.2. The van der Waals surface area contributed by atoms with Gasteiger partial charge in [0.15, 0.2) is 0 Å². The van der Waals surface area contributed by atoms with Gasteiger partial charge in [-0.2, -0.15) is 0 Å². The van der Waals surface area contributed by atoms with E-state index in [1.165, 1.54) is 0 Å². The minimum atomic E-state index is 0.545. The standard InChI is InChI=1S/C13H11IN4/c14-10-1-2-12-11(7-10)17-13(15)18(12)8-9-3-5-16-6-4-9/h1-7H,8H2,(H2,15,17). The summed E-state index contributed by atoms with van der Waals surface area (Å²) in [5, 5.41) is 0. The predicted octanol–water partition coefficient (Wildman–Crippen LogP) is 2.67. The van der Waals surface area contributed by atoms with Crippen LogP contribution in [0.25, 0.3) is 11.0 Å². The maximum absolute atomic E-state index is 5.99. The molecule has 2 aromatic heterocycles. The molecule has 2 heterocycles. The Kier molecular flexibility index (Phi) is 2.91. The predicted molar refractivity (Wildman–Crippen MR) is 80.2 cm³/mol. The van der Waals surface area contributed by atoms with Gasteiger partial charge in [0.1, 0.15) is 0 Å². The number of fused-ring (bicyclic) bond motifs is 1. The summed E-state index contributed by atoms with van der Waals surface area (Å²) in [4.78, 5) is 8.40. The van der Waals surface area contributed by atoms with Crippen molar-refractivity contribution in [3.05, 3.63) is 51.9 Å². The third kappa shape index (κ3) is 2.05. The first-order valence-corrected chi connectivity index (χ1v) is 6.62. The molecule has 0 aliphatic rings. The molecule has 1 aromatic carbocycles. The Labute approximate surface area is 118 Å². The molecule has 5 heteroatoms. The Morgan fingerprint density at radius 3 is 2.72 bits per heavy atom. The zero-order valence-corrected chi connectivity index (χ0v) is 11.7. The number of benzene rings is 1. The van der Waals surface area contributed by atoms with Crippen molar-refractivity contribution in [3.63, 3.8) is 0 Å². The largest absolute Gasteiger partial charge is 0.369 e. The zero-order chi connectivity index (χ0) is 12.5. The van der Waals surface area contributed by atoms with E-state index in [4.69, 9.17) is 5.73 Å². The number of hydrogen-bond acceptors (Lipinski definition) is 3. The first kappa shape index (κ1) is 11.5. The van der Waals surface area contributed by atoms with E-state index < -0.39 is 0 Å². The quantitative estimate of drug-likeness (QED) is 0.723. The van der Waals surface area contributed by atoms with E-state index in [-0.39, 0.29) is 0 Å². The summed E-state index contributed by atoms with van der Waals surface area (Å²) in [5.41, 5.74) is 9.14. The third-order valence-electron chi connectivity index (χ3n) is 2.83. The van der Waals surface area contributed by atoms with Crippen molar-refractivity contribution in [2.75, 3.05) is 5.73 Å². The van der Waals surface area contributed by atoms with Gasteiger partial charge >= 0.3 is 0 Å². The van der Waals surface area contributed by atoms with Crippen LogP contribution in [0.4, 0.5) is 5.95 Å². The van der Waals surface area contributed by atoms with Crippen molar-refractivity contribution in [3.8, 4) is 0 Å². The average Bonchev–Trinajstić information content (AvgIpc) is 2.66. The monoisotopic (exact) mass is 350 g/mol. The van der Waals surface area contributed by atoms with E-state index in [9.17, 15) is 0 Å². The van der Waals surface area contributed by atoms with Gasteiger partial charge in [0.05, 0.1) is 17.6 Å². The van der Waals surface area contributed by atoms with E-state index >= 15 is 0 Å². The summed E-state index contributed by atoms with van der Waals surface area (Å²) >= 11 is 2.27. The third-order valence-corrected chi connectivity index (χ3v) is 3.50. The minimum absolute atomic E-state index is 0.545. The number of anilines is 1. The van der Waals surface area contributed by atoms with Crippen LogP contribution in [0.2, 0.25) is 0 Å². The van der Waals surface area contributed by atoms with Crippen LogP contribution in [0.15, 0.2) is 42.7 Å². The SMILES string of the molecule is Nc1nc2cc(I)ccc2n1Cc1ccncc1. The second-order valence-electron chi connectivity index (χ2n) is 4.04. The van der Waals surface area contributed by atoms with Crippen LogP contribution >= 0.6 is 22.6 Å². The molecule has 0 fully saturated rings. The Hall–Kier alpha value is -1.63. The molecular formula is C13H11IN4. The van der Waals surface area contributed by atoms with Crippen LogP contribution in [0, 0.1) is 3.57 Å². The maximum atomic E-state index is 5.99. The fourth-order valence-electron chi connectivity index (χ4n) is 1.96. The first-order valence-electron chi connectivity index (χ1n) is 5.54. The van der Waals surface area contributed by atoms with Gasteiger partial charge in [0.25, 0.3) is 0 Å². The molecule has 0 aliphatic heterocycles. The number of pyridine rings is 1. The van der Waals surface area contributed by atoms with E-state index in [0.717, 1.165) is 20.2 Å². The molecular weight excluding hydrogens is 339 g/mol. The van der Waals surface area contributed by atoms with E-state index in [1.54, 1.807) is 12.4 Å². The highest BCUT2D eigenvalue weighted by atomic mass is 127. The van der Waals surface area contributed by atoms with Crippen molar-refractivity contribution >= 4 is 39.6 Å². The van der Waals surface area contributed by atoms with Crippen LogP contribution in [-0.2, 0) is 6.54 Å². The summed E-state index contributed by atoms with van der Waals surface area (Å²) < 4.78 is 3.18. The van der Waals surface area contributed by atoms with Crippen LogP contribution in [0.5, 0.6) is 0 Å². The Bertz CT molecular complexity index is 691. The topological polar surface area (TPSA) is 56.7 Å². The number of aromatic nitrogens is 3. The molecule has 3 aromatic rings. The van der Waals surface area contributed by atoms with Crippen LogP contribution in [-0.4, -0.2) is 14.5 Å². The van der Waals surface area contributed by atoms with Crippen molar-refractivity contribution < 1.29 is 0 Å². The van der Waals surface area contributed by atoms with Crippen LogP contribution in [0.3, 0.4) is 0 Å². The first-order chi connectivity index (χ1) is 8.74. The fourth-order valence-corrected chi connectivity index (χ4v) is 2.43. The molecule has 0 saturated heterocycles. The van der Waals surface area contributed by atoms with Gasteiger partial charge in [-0.25, -0.2) is 4.98 Å². The lowest BCUT2D eigenvalue weighted by Crippen LogP contribution is -2.04. The fraction of sp³-hybridized carbons (Fsp3) is 0.0769. The normalized spacial score (nSPS) is 10.9. The number of nitrogens with two attached hydrogens (primary N) is 1. The van der Waals surface area contributed by atoms with Gasteiger partial charge in [0.2, 0.25) is 5.95 Å². The molecule has 0 aliphatic carbocycles. The highest BCUT2D eigenvalue weighted by Crippen LogP contribution is 2.21. The molecule has 0 spiro atoms. The van der Waals surface area contributed by atoms with Crippen LogP contribution < -0.4 is 5.73 Å². The smallest absolute Gasteiger partial charge is 0.201 e. The molecule has 18 heavy (non-hydrogen) atoms. The summed E-state index contributed by atoms with van der Waals surface area (Å²) in [7, 11) is 0. The molecule has 0 unspecified atom stereocenters. The van der Waals surface area contributed by atoms with Crippen molar-refractivity contribution in [2.24, 2.45) is 0 Å². The number of imidazole rings is 1. The number of rotatable bonds is 2. The number of hydrogen-bond donors (Lipinski definition) is 1. The highest BCUT2D eigenvalue weighted by Gasteiger charge is 2.08. The van der Waals surface area contributed by atoms with E-state index in [2.05, 4.69) is 44.7 Å². The van der Waals surface area contributed by atoms with Crippen molar-refractivity contribution in [1.29, 1.82) is 0 Å². The Balaban J connectivity index is 2.09.